The fraction of sp³-hybridized carbons (Fsp3) is 0.286. The number of nitrogens with one attached hydrogen (secondary N) is 1. The number of carbonyl (C=O) groups is 1. The monoisotopic (exact) mass is 493 g/mol. The zero-order chi connectivity index (χ0) is 21.7. The van der Waals surface area contributed by atoms with Gasteiger partial charge in [-0.05, 0) is 48.2 Å². The van der Waals surface area contributed by atoms with Crippen molar-refractivity contribution in [1.82, 2.24) is 10.2 Å². The molecule has 0 aliphatic rings. The molecule has 0 saturated heterocycles. The summed E-state index contributed by atoms with van der Waals surface area (Å²) >= 11 is 4.24. The Morgan fingerprint density at radius 3 is 2.80 bits per heavy atom. The van der Waals surface area contributed by atoms with Crippen LogP contribution in [0.15, 0.2) is 50.5 Å². The summed E-state index contributed by atoms with van der Waals surface area (Å²) in [5.74, 6) is 0.535. The van der Waals surface area contributed by atoms with E-state index in [4.69, 9.17) is 9.15 Å². The number of aromatic nitrogens is 2. The fourth-order valence-corrected chi connectivity index (χ4v) is 3.56. The van der Waals surface area contributed by atoms with E-state index < -0.39 is 5.82 Å². The number of thioether (sulfide) groups is 1. The van der Waals surface area contributed by atoms with Crippen LogP contribution in [0, 0.1) is 12.7 Å². The van der Waals surface area contributed by atoms with Crippen LogP contribution in [0.25, 0.3) is 0 Å². The van der Waals surface area contributed by atoms with E-state index in [0.717, 1.165) is 28.6 Å². The van der Waals surface area contributed by atoms with Gasteiger partial charge in [0.2, 0.25) is 5.91 Å². The third-order valence-electron chi connectivity index (χ3n) is 4.12. The molecule has 0 saturated carbocycles. The predicted molar refractivity (Wildman–Crippen MR) is 117 cm³/mol. The molecule has 2 aromatic carbocycles. The second-order valence-electron chi connectivity index (χ2n) is 6.91. The lowest BCUT2D eigenvalue weighted by molar-refractivity contribution is -0.113. The van der Waals surface area contributed by atoms with Gasteiger partial charge in [-0.3, -0.25) is 4.79 Å². The normalized spacial score (nSPS) is 11.0. The third-order valence-corrected chi connectivity index (χ3v) is 5.43. The van der Waals surface area contributed by atoms with Gasteiger partial charge in [0, 0.05) is 4.47 Å². The van der Waals surface area contributed by atoms with Gasteiger partial charge in [0.05, 0.1) is 11.4 Å². The van der Waals surface area contributed by atoms with Gasteiger partial charge in [0.15, 0.2) is 6.61 Å². The van der Waals surface area contributed by atoms with Crippen molar-refractivity contribution in [3.63, 3.8) is 0 Å². The quantitative estimate of drug-likeness (QED) is 0.404. The van der Waals surface area contributed by atoms with Crippen molar-refractivity contribution in [1.29, 1.82) is 0 Å². The number of carbonyl (C=O) groups excluding carboxylic acids is 1. The number of hydrogen-bond donors (Lipinski definition) is 1. The molecule has 0 aliphatic heterocycles. The Bertz CT molecular complexity index is 1040. The lowest BCUT2D eigenvalue weighted by atomic mass is 10.0. The van der Waals surface area contributed by atoms with Crippen molar-refractivity contribution in [2.45, 2.75) is 38.5 Å². The van der Waals surface area contributed by atoms with Gasteiger partial charge in [0.25, 0.3) is 11.1 Å². The number of rotatable bonds is 8. The number of amides is 1. The van der Waals surface area contributed by atoms with E-state index in [0.29, 0.717) is 16.3 Å². The van der Waals surface area contributed by atoms with E-state index >= 15 is 0 Å². The van der Waals surface area contributed by atoms with Gasteiger partial charge in [-0.2, -0.15) is 0 Å². The maximum Gasteiger partial charge on any atom is 0.277 e. The molecule has 3 aromatic rings. The molecule has 0 fully saturated rings. The number of aryl methyl sites for hydroxylation is 1. The van der Waals surface area contributed by atoms with Crippen LogP contribution < -0.4 is 10.1 Å². The Labute approximate surface area is 186 Å². The van der Waals surface area contributed by atoms with Crippen molar-refractivity contribution in [3.05, 3.63) is 63.7 Å². The van der Waals surface area contributed by atoms with Gasteiger partial charge < -0.3 is 14.5 Å². The molecule has 30 heavy (non-hydrogen) atoms. The summed E-state index contributed by atoms with van der Waals surface area (Å²) in [6.07, 6.45) is 0. The lowest BCUT2D eigenvalue weighted by Gasteiger charge is -2.13. The van der Waals surface area contributed by atoms with E-state index in [1.165, 1.54) is 12.1 Å². The molecule has 1 aromatic heterocycles. The molecule has 0 radical (unpaired) electrons. The standard InChI is InChI=1S/C21H21BrFN3O3S/c1-12(2)15-6-4-13(3)8-18(15)28-10-20-25-26-21(29-20)30-11-19(27)24-17-7-5-14(22)9-16(17)23/h4-9,12H,10-11H2,1-3H3,(H,24,27). The van der Waals surface area contributed by atoms with E-state index in [9.17, 15) is 9.18 Å². The highest BCUT2D eigenvalue weighted by molar-refractivity contribution is 9.10. The second-order valence-corrected chi connectivity index (χ2v) is 8.75. The van der Waals surface area contributed by atoms with Gasteiger partial charge in [-0.25, -0.2) is 4.39 Å². The summed E-state index contributed by atoms with van der Waals surface area (Å²) in [6.45, 7) is 6.34. The molecule has 3 rings (SSSR count). The van der Waals surface area contributed by atoms with Crippen LogP contribution in [0.2, 0.25) is 0 Å². The van der Waals surface area contributed by atoms with Crippen LogP contribution in [0.5, 0.6) is 5.75 Å². The Morgan fingerprint density at radius 1 is 1.27 bits per heavy atom. The minimum Gasteiger partial charge on any atom is -0.484 e. The molecule has 0 unspecified atom stereocenters. The first kappa shape index (κ1) is 22.3. The summed E-state index contributed by atoms with van der Waals surface area (Å²) in [4.78, 5) is 12.0. The highest BCUT2D eigenvalue weighted by Crippen LogP contribution is 2.28. The Hall–Kier alpha value is -2.39. The number of benzene rings is 2. The average molecular weight is 494 g/mol. The van der Waals surface area contributed by atoms with Crippen LogP contribution >= 0.6 is 27.7 Å². The van der Waals surface area contributed by atoms with Crippen LogP contribution in [-0.4, -0.2) is 21.9 Å². The highest BCUT2D eigenvalue weighted by Gasteiger charge is 2.14. The molecule has 1 amide bonds. The van der Waals surface area contributed by atoms with Crippen molar-refractivity contribution in [2.75, 3.05) is 11.1 Å². The number of halogens is 2. The summed E-state index contributed by atoms with van der Waals surface area (Å²) in [5.41, 5.74) is 2.32. The van der Waals surface area contributed by atoms with E-state index in [1.54, 1.807) is 6.07 Å². The maximum absolute atomic E-state index is 13.8. The minimum absolute atomic E-state index is 0.00731. The maximum atomic E-state index is 13.8. The summed E-state index contributed by atoms with van der Waals surface area (Å²) in [6, 6.07) is 10.5. The smallest absolute Gasteiger partial charge is 0.277 e. The SMILES string of the molecule is Cc1ccc(C(C)C)c(OCc2nnc(SCC(=O)Nc3ccc(Br)cc3F)o2)c1. The average Bonchev–Trinajstić information content (AvgIpc) is 3.15. The molecular formula is C21H21BrFN3O3S. The van der Waals surface area contributed by atoms with Gasteiger partial charge in [0.1, 0.15) is 11.6 Å². The predicted octanol–water partition coefficient (Wildman–Crippen LogP) is 5.71. The van der Waals surface area contributed by atoms with E-state index in [1.807, 2.05) is 13.0 Å². The Balaban J connectivity index is 1.53. The van der Waals surface area contributed by atoms with E-state index in [2.05, 4.69) is 57.4 Å². The van der Waals surface area contributed by atoms with Gasteiger partial charge in [-0.15, -0.1) is 10.2 Å². The largest absolute Gasteiger partial charge is 0.484 e. The zero-order valence-electron chi connectivity index (χ0n) is 16.7. The van der Waals surface area contributed by atoms with Crippen LogP contribution in [0.4, 0.5) is 10.1 Å². The first-order valence-corrected chi connectivity index (χ1v) is 11.0. The molecule has 9 heteroatoms. The first-order valence-electron chi connectivity index (χ1n) is 9.25. The van der Waals surface area contributed by atoms with E-state index in [-0.39, 0.29) is 29.2 Å². The van der Waals surface area contributed by atoms with Crippen LogP contribution in [0.1, 0.15) is 36.8 Å². The molecule has 6 nitrogen and oxygen atoms in total. The van der Waals surface area contributed by atoms with Gasteiger partial charge >= 0.3 is 0 Å². The topological polar surface area (TPSA) is 77.2 Å². The molecule has 1 heterocycles. The number of hydrogen-bond acceptors (Lipinski definition) is 6. The molecule has 0 bridgehead atoms. The molecule has 0 spiro atoms. The summed E-state index contributed by atoms with van der Waals surface area (Å²) < 4.78 is 25.8. The molecule has 1 N–H and O–H groups in total. The highest BCUT2D eigenvalue weighted by atomic mass is 79.9. The summed E-state index contributed by atoms with van der Waals surface area (Å²) in [7, 11) is 0. The minimum atomic E-state index is -0.517. The molecular weight excluding hydrogens is 473 g/mol. The third kappa shape index (κ3) is 6.06. The Morgan fingerprint density at radius 2 is 2.07 bits per heavy atom. The molecule has 158 valence electrons. The second kappa shape index (κ2) is 10.1. The van der Waals surface area contributed by atoms with Crippen molar-refractivity contribution >= 4 is 39.3 Å². The lowest BCUT2D eigenvalue weighted by Crippen LogP contribution is -2.15. The number of anilines is 1. The van der Waals surface area contributed by atoms with Crippen molar-refractivity contribution in [2.24, 2.45) is 0 Å². The van der Waals surface area contributed by atoms with Gasteiger partial charge in [-0.1, -0.05) is 53.7 Å². The Kier molecular flexibility index (Phi) is 7.49. The van der Waals surface area contributed by atoms with Crippen molar-refractivity contribution in [3.8, 4) is 5.75 Å². The number of ether oxygens (including phenoxy) is 1. The number of nitrogens with zero attached hydrogens (tertiary/aromatic N) is 2. The van der Waals surface area contributed by atoms with Crippen LogP contribution in [-0.2, 0) is 11.4 Å². The fourth-order valence-electron chi connectivity index (χ4n) is 2.64. The first-order chi connectivity index (χ1) is 14.3. The van der Waals surface area contributed by atoms with Crippen molar-refractivity contribution < 1.29 is 18.3 Å². The molecule has 0 aliphatic carbocycles. The summed E-state index contributed by atoms with van der Waals surface area (Å²) in [5, 5.41) is 10.6. The molecule has 0 atom stereocenters. The zero-order valence-corrected chi connectivity index (χ0v) is 19.1. The van der Waals surface area contributed by atoms with Crippen LogP contribution in [0.3, 0.4) is 0 Å².